The second-order valence-corrected chi connectivity index (χ2v) is 6.19. The molecule has 0 aromatic heterocycles. The Balaban J connectivity index is 2.13. The third-order valence-corrected chi connectivity index (χ3v) is 3.44. The number of benzene rings is 1. The van der Waals surface area contributed by atoms with Crippen LogP contribution in [0.2, 0.25) is 0 Å². The van der Waals surface area contributed by atoms with Gasteiger partial charge >= 0.3 is 0 Å². The highest BCUT2D eigenvalue weighted by molar-refractivity contribution is 5.29. The fraction of sp³-hybridized carbons (Fsp3) is 0.667. The number of hydrogen-bond acceptors (Lipinski definition) is 4. The minimum absolute atomic E-state index is 0.0836. The molecule has 1 heterocycles. The van der Waals surface area contributed by atoms with Gasteiger partial charge in [-0.2, -0.15) is 0 Å². The van der Waals surface area contributed by atoms with E-state index in [1.807, 2.05) is 39.8 Å². The standard InChI is InChI=1S/C18H28O4/c1-6-17-19-11-16(21-13(4)5)18(22-17)14-7-9-15(10-8-14)20-12(2)3/h7-10,12-13,16-18H,6,11H2,1-5H3. The molecular formula is C18H28O4. The molecule has 22 heavy (non-hydrogen) atoms. The van der Waals surface area contributed by atoms with Crippen LogP contribution < -0.4 is 4.74 Å². The molecule has 0 N–H and O–H groups in total. The first-order chi connectivity index (χ1) is 10.5. The van der Waals surface area contributed by atoms with E-state index in [4.69, 9.17) is 18.9 Å². The first kappa shape index (κ1) is 17.3. The van der Waals surface area contributed by atoms with Crippen LogP contribution in [0.25, 0.3) is 0 Å². The van der Waals surface area contributed by atoms with Crippen molar-refractivity contribution in [2.45, 2.75) is 71.7 Å². The van der Waals surface area contributed by atoms with Gasteiger partial charge in [-0.05, 0) is 51.8 Å². The lowest BCUT2D eigenvalue weighted by molar-refractivity contribution is -0.269. The molecule has 1 fully saturated rings. The molecule has 0 radical (unpaired) electrons. The molecule has 3 unspecified atom stereocenters. The second-order valence-electron chi connectivity index (χ2n) is 6.19. The van der Waals surface area contributed by atoms with E-state index in [-0.39, 0.29) is 30.7 Å². The van der Waals surface area contributed by atoms with Crippen LogP contribution in [-0.4, -0.2) is 31.2 Å². The van der Waals surface area contributed by atoms with Gasteiger partial charge in [-0.15, -0.1) is 0 Å². The first-order valence-electron chi connectivity index (χ1n) is 8.18. The Morgan fingerprint density at radius 2 is 1.77 bits per heavy atom. The fourth-order valence-corrected chi connectivity index (χ4v) is 2.56. The maximum absolute atomic E-state index is 6.07. The van der Waals surface area contributed by atoms with Gasteiger partial charge in [-0.3, -0.25) is 0 Å². The monoisotopic (exact) mass is 308 g/mol. The summed E-state index contributed by atoms with van der Waals surface area (Å²) in [5.74, 6) is 0.874. The van der Waals surface area contributed by atoms with Gasteiger partial charge in [-0.25, -0.2) is 0 Å². The van der Waals surface area contributed by atoms with Crippen LogP contribution in [0.5, 0.6) is 5.75 Å². The van der Waals surface area contributed by atoms with E-state index in [1.165, 1.54) is 0 Å². The zero-order chi connectivity index (χ0) is 16.1. The van der Waals surface area contributed by atoms with Crippen molar-refractivity contribution in [2.75, 3.05) is 6.61 Å². The Kier molecular flexibility index (Phi) is 6.24. The Bertz CT molecular complexity index is 441. The molecule has 1 aliphatic heterocycles. The molecule has 1 aromatic rings. The summed E-state index contributed by atoms with van der Waals surface area (Å²) in [5, 5.41) is 0. The lowest BCUT2D eigenvalue weighted by Gasteiger charge is -2.37. The van der Waals surface area contributed by atoms with Crippen molar-refractivity contribution in [2.24, 2.45) is 0 Å². The third kappa shape index (κ3) is 4.70. The van der Waals surface area contributed by atoms with Crippen molar-refractivity contribution in [3.8, 4) is 5.75 Å². The summed E-state index contributed by atoms with van der Waals surface area (Å²) in [7, 11) is 0. The van der Waals surface area contributed by atoms with E-state index in [0.29, 0.717) is 6.61 Å². The van der Waals surface area contributed by atoms with Gasteiger partial charge < -0.3 is 18.9 Å². The Morgan fingerprint density at radius 1 is 1.09 bits per heavy atom. The SMILES string of the molecule is CCC1OCC(OC(C)C)C(c2ccc(OC(C)C)cc2)O1. The van der Waals surface area contributed by atoms with Crippen LogP contribution in [0.4, 0.5) is 0 Å². The summed E-state index contributed by atoms with van der Waals surface area (Å²) in [4.78, 5) is 0. The van der Waals surface area contributed by atoms with E-state index in [9.17, 15) is 0 Å². The summed E-state index contributed by atoms with van der Waals surface area (Å²) >= 11 is 0. The molecule has 0 aliphatic carbocycles. The van der Waals surface area contributed by atoms with Crippen LogP contribution in [0.3, 0.4) is 0 Å². The summed E-state index contributed by atoms with van der Waals surface area (Å²) in [6.45, 7) is 10.7. The molecular weight excluding hydrogens is 280 g/mol. The Hall–Kier alpha value is -1.10. The Labute approximate surface area is 133 Å². The maximum Gasteiger partial charge on any atom is 0.158 e. The fourth-order valence-electron chi connectivity index (χ4n) is 2.56. The van der Waals surface area contributed by atoms with Gasteiger partial charge in [0, 0.05) is 0 Å². The number of rotatable bonds is 6. The van der Waals surface area contributed by atoms with Gasteiger partial charge in [0.05, 0.1) is 18.8 Å². The number of hydrogen-bond donors (Lipinski definition) is 0. The minimum Gasteiger partial charge on any atom is -0.491 e. The van der Waals surface area contributed by atoms with Crippen LogP contribution in [0, 0.1) is 0 Å². The van der Waals surface area contributed by atoms with Gasteiger partial charge in [0.1, 0.15) is 18.0 Å². The predicted molar refractivity (Wildman–Crippen MR) is 86.1 cm³/mol. The van der Waals surface area contributed by atoms with Crippen LogP contribution in [-0.2, 0) is 14.2 Å². The molecule has 124 valence electrons. The van der Waals surface area contributed by atoms with E-state index < -0.39 is 0 Å². The second kappa shape index (κ2) is 7.95. The molecule has 0 amide bonds. The van der Waals surface area contributed by atoms with E-state index in [1.54, 1.807) is 0 Å². The lowest BCUT2D eigenvalue weighted by Crippen LogP contribution is -2.41. The van der Waals surface area contributed by atoms with Gasteiger partial charge in [0.2, 0.25) is 0 Å². The molecule has 1 aromatic carbocycles. The van der Waals surface area contributed by atoms with Crippen molar-refractivity contribution in [1.82, 2.24) is 0 Å². The van der Waals surface area contributed by atoms with Crippen molar-refractivity contribution in [3.63, 3.8) is 0 Å². The predicted octanol–water partition coefficient (Wildman–Crippen LogP) is 4.09. The molecule has 0 saturated carbocycles. The number of ether oxygens (including phenoxy) is 4. The molecule has 1 aliphatic rings. The largest absolute Gasteiger partial charge is 0.491 e. The van der Waals surface area contributed by atoms with Gasteiger partial charge in [0.15, 0.2) is 6.29 Å². The molecule has 4 nitrogen and oxygen atoms in total. The smallest absolute Gasteiger partial charge is 0.158 e. The average molecular weight is 308 g/mol. The van der Waals surface area contributed by atoms with E-state index in [0.717, 1.165) is 17.7 Å². The lowest BCUT2D eigenvalue weighted by atomic mass is 10.0. The van der Waals surface area contributed by atoms with Crippen molar-refractivity contribution in [3.05, 3.63) is 29.8 Å². The highest BCUT2D eigenvalue weighted by Crippen LogP contribution is 2.32. The summed E-state index contributed by atoms with van der Waals surface area (Å²) < 4.78 is 23.4. The molecule has 0 bridgehead atoms. The summed E-state index contributed by atoms with van der Waals surface area (Å²) in [5.41, 5.74) is 1.10. The average Bonchev–Trinajstić information content (AvgIpc) is 2.47. The third-order valence-electron chi connectivity index (χ3n) is 3.44. The molecule has 4 heteroatoms. The zero-order valence-electron chi connectivity index (χ0n) is 14.2. The normalized spacial score (nSPS) is 25.7. The highest BCUT2D eigenvalue weighted by Gasteiger charge is 2.33. The quantitative estimate of drug-likeness (QED) is 0.793. The van der Waals surface area contributed by atoms with Crippen LogP contribution in [0.15, 0.2) is 24.3 Å². The topological polar surface area (TPSA) is 36.9 Å². The van der Waals surface area contributed by atoms with Crippen molar-refractivity contribution < 1.29 is 18.9 Å². The van der Waals surface area contributed by atoms with E-state index in [2.05, 4.69) is 19.1 Å². The van der Waals surface area contributed by atoms with Crippen LogP contribution >= 0.6 is 0 Å². The Morgan fingerprint density at radius 3 is 2.32 bits per heavy atom. The van der Waals surface area contributed by atoms with Gasteiger partial charge in [-0.1, -0.05) is 19.1 Å². The highest BCUT2D eigenvalue weighted by atomic mass is 16.7. The molecule has 1 saturated heterocycles. The summed E-state index contributed by atoms with van der Waals surface area (Å²) in [6.07, 6.45) is 0.796. The van der Waals surface area contributed by atoms with Gasteiger partial charge in [0.25, 0.3) is 0 Å². The van der Waals surface area contributed by atoms with Crippen molar-refractivity contribution in [1.29, 1.82) is 0 Å². The van der Waals surface area contributed by atoms with Crippen LogP contribution in [0.1, 0.15) is 52.7 Å². The van der Waals surface area contributed by atoms with E-state index >= 15 is 0 Å². The maximum atomic E-state index is 6.07. The molecule has 3 atom stereocenters. The first-order valence-corrected chi connectivity index (χ1v) is 8.18. The molecule has 2 rings (SSSR count). The molecule has 0 spiro atoms. The summed E-state index contributed by atoms with van der Waals surface area (Å²) in [6, 6.07) is 8.08. The zero-order valence-corrected chi connectivity index (χ0v) is 14.2. The van der Waals surface area contributed by atoms with Crippen molar-refractivity contribution >= 4 is 0 Å². The minimum atomic E-state index is -0.163.